The number of urea groups is 1. The number of carbonyl (C=O) groups is 2. The van der Waals surface area contributed by atoms with E-state index in [0.717, 1.165) is 36.4 Å². The van der Waals surface area contributed by atoms with Crippen LogP contribution in [0.4, 0.5) is 4.79 Å². The van der Waals surface area contributed by atoms with E-state index in [1.54, 1.807) is 5.38 Å². The van der Waals surface area contributed by atoms with Gasteiger partial charge >= 0.3 is 6.03 Å². The number of aryl methyl sites for hydroxylation is 1. The Morgan fingerprint density at radius 2 is 1.83 bits per heavy atom. The van der Waals surface area contributed by atoms with Crippen LogP contribution in [-0.4, -0.2) is 35.6 Å². The monoisotopic (exact) mass is 416 g/mol. The predicted octanol–water partition coefficient (Wildman–Crippen LogP) is 3.39. The molecule has 7 nitrogen and oxygen atoms in total. The fourth-order valence-electron chi connectivity index (χ4n) is 3.36. The number of amides is 3. The second-order valence-corrected chi connectivity index (χ2v) is 8.15. The number of hydrogen-bond donors (Lipinski definition) is 3. The van der Waals surface area contributed by atoms with Crippen molar-refractivity contribution in [3.63, 3.8) is 0 Å². The van der Waals surface area contributed by atoms with Gasteiger partial charge < -0.3 is 20.7 Å². The Labute approximate surface area is 175 Å². The van der Waals surface area contributed by atoms with E-state index in [9.17, 15) is 9.59 Å². The van der Waals surface area contributed by atoms with Gasteiger partial charge in [0, 0.05) is 18.0 Å². The molecule has 1 fully saturated rings. The highest BCUT2D eigenvalue weighted by Crippen LogP contribution is 2.20. The van der Waals surface area contributed by atoms with E-state index in [1.807, 2.05) is 38.1 Å². The molecule has 0 aliphatic heterocycles. The van der Waals surface area contributed by atoms with Crippen LogP contribution >= 0.6 is 11.3 Å². The first kappa shape index (κ1) is 21.1. The molecule has 156 valence electrons. The summed E-state index contributed by atoms with van der Waals surface area (Å²) in [6, 6.07) is 7.47. The zero-order chi connectivity index (χ0) is 20.6. The molecule has 1 aliphatic carbocycles. The number of carbonyl (C=O) groups excluding carboxylic acids is 2. The smallest absolute Gasteiger partial charge is 0.315 e. The standard InChI is InChI=1S/C21H28N4O3S/c1-3-22-21(27)25-17-7-5-4-6-16(17)24-20(26)18-13-29-19(23-18)12-28-15-10-8-14(2)9-11-15/h8-11,13,16-17H,3-7,12H2,1-2H3,(H,24,26)(H2,22,25,27). The lowest BCUT2D eigenvalue weighted by Gasteiger charge is -2.32. The molecular formula is C21H28N4O3S. The van der Waals surface area contributed by atoms with Crippen molar-refractivity contribution in [2.45, 2.75) is 58.2 Å². The number of ether oxygens (including phenoxy) is 1. The van der Waals surface area contributed by atoms with E-state index < -0.39 is 0 Å². The van der Waals surface area contributed by atoms with E-state index in [4.69, 9.17) is 4.74 Å². The van der Waals surface area contributed by atoms with Crippen molar-refractivity contribution in [3.8, 4) is 5.75 Å². The Bertz CT molecular complexity index is 822. The summed E-state index contributed by atoms with van der Waals surface area (Å²) >= 11 is 1.40. The molecule has 3 amide bonds. The molecule has 1 aromatic heterocycles. The minimum absolute atomic E-state index is 0.0674. The van der Waals surface area contributed by atoms with Gasteiger partial charge in [0.25, 0.3) is 5.91 Å². The fourth-order valence-corrected chi connectivity index (χ4v) is 4.05. The van der Waals surface area contributed by atoms with Crippen molar-refractivity contribution in [3.05, 3.63) is 45.9 Å². The van der Waals surface area contributed by atoms with Gasteiger partial charge in [0.15, 0.2) is 0 Å². The highest BCUT2D eigenvalue weighted by atomic mass is 32.1. The first-order valence-corrected chi connectivity index (χ1v) is 10.9. The van der Waals surface area contributed by atoms with Crippen molar-refractivity contribution >= 4 is 23.3 Å². The summed E-state index contributed by atoms with van der Waals surface area (Å²) in [5.74, 6) is 0.565. The molecule has 0 saturated heterocycles. The molecule has 29 heavy (non-hydrogen) atoms. The van der Waals surface area contributed by atoms with Gasteiger partial charge in [0.05, 0.1) is 6.04 Å². The summed E-state index contributed by atoms with van der Waals surface area (Å²) in [6.07, 6.45) is 3.77. The molecule has 1 saturated carbocycles. The molecule has 2 aromatic rings. The average Bonchev–Trinajstić information content (AvgIpc) is 3.18. The summed E-state index contributed by atoms with van der Waals surface area (Å²) in [7, 11) is 0. The molecule has 3 rings (SSSR count). The van der Waals surface area contributed by atoms with Crippen molar-refractivity contribution in [1.29, 1.82) is 0 Å². The number of thiazole rings is 1. The van der Waals surface area contributed by atoms with E-state index >= 15 is 0 Å². The van der Waals surface area contributed by atoms with Gasteiger partial charge in [-0.1, -0.05) is 30.5 Å². The zero-order valence-electron chi connectivity index (χ0n) is 16.9. The zero-order valence-corrected chi connectivity index (χ0v) is 17.7. The van der Waals surface area contributed by atoms with Crippen LogP contribution in [0.1, 0.15) is 53.7 Å². The van der Waals surface area contributed by atoms with Gasteiger partial charge in [-0.25, -0.2) is 9.78 Å². The first-order valence-electron chi connectivity index (χ1n) is 10.0. The van der Waals surface area contributed by atoms with Crippen LogP contribution in [0.2, 0.25) is 0 Å². The molecule has 0 radical (unpaired) electrons. The van der Waals surface area contributed by atoms with Crippen molar-refractivity contribution < 1.29 is 14.3 Å². The number of hydrogen-bond acceptors (Lipinski definition) is 5. The number of aromatic nitrogens is 1. The lowest BCUT2D eigenvalue weighted by atomic mass is 9.90. The minimum Gasteiger partial charge on any atom is -0.486 e. The van der Waals surface area contributed by atoms with Crippen LogP contribution < -0.4 is 20.7 Å². The van der Waals surface area contributed by atoms with Gasteiger partial charge in [-0.05, 0) is 38.8 Å². The van der Waals surface area contributed by atoms with Crippen molar-refractivity contribution in [2.75, 3.05) is 6.54 Å². The predicted molar refractivity (Wildman–Crippen MR) is 113 cm³/mol. The summed E-state index contributed by atoms with van der Waals surface area (Å²) in [6.45, 7) is 4.80. The van der Waals surface area contributed by atoms with Gasteiger partial charge in [0.2, 0.25) is 0 Å². The lowest BCUT2D eigenvalue weighted by molar-refractivity contribution is 0.0911. The minimum atomic E-state index is -0.211. The molecule has 3 N–H and O–H groups in total. The molecule has 1 heterocycles. The summed E-state index contributed by atoms with van der Waals surface area (Å²) in [4.78, 5) is 28.9. The topological polar surface area (TPSA) is 92.4 Å². The SMILES string of the molecule is CCNC(=O)NC1CCCCC1NC(=O)c1csc(COc2ccc(C)cc2)n1. The van der Waals surface area contributed by atoms with Crippen LogP contribution in [-0.2, 0) is 6.61 Å². The van der Waals surface area contributed by atoms with Crippen LogP contribution in [0.5, 0.6) is 5.75 Å². The number of nitrogens with one attached hydrogen (secondary N) is 3. The van der Waals surface area contributed by atoms with E-state index in [2.05, 4.69) is 20.9 Å². The van der Waals surface area contributed by atoms with Crippen LogP contribution in [0.15, 0.2) is 29.6 Å². The van der Waals surface area contributed by atoms with Gasteiger partial charge in [-0.3, -0.25) is 4.79 Å². The van der Waals surface area contributed by atoms with Crippen LogP contribution in [0.25, 0.3) is 0 Å². The fraction of sp³-hybridized carbons (Fsp3) is 0.476. The third-order valence-corrected chi connectivity index (χ3v) is 5.73. The molecule has 0 spiro atoms. The third-order valence-electron chi connectivity index (χ3n) is 4.90. The van der Waals surface area contributed by atoms with Crippen LogP contribution in [0, 0.1) is 6.92 Å². The van der Waals surface area contributed by atoms with E-state index in [1.165, 1.54) is 16.9 Å². The molecule has 1 aliphatic rings. The Morgan fingerprint density at radius 3 is 2.52 bits per heavy atom. The summed E-state index contributed by atoms with van der Waals surface area (Å²) in [5, 5.41) is 11.3. The van der Waals surface area contributed by atoms with Gasteiger partial charge in [-0.2, -0.15) is 0 Å². The molecule has 8 heteroatoms. The molecule has 2 atom stereocenters. The molecular weight excluding hydrogens is 388 g/mol. The van der Waals surface area contributed by atoms with Gasteiger partial charge in [-0.15, -0.1) is 11.3 Å². The number of nitrogens with zero attached hydrogens (tertiary/aromatic N) is 1. The molecule has 2 unspecified atom stereocenters. The normalized spacial score (nSPS) is 18.7. The second kappa shape index (κ2) is 10.2. The summed E-state index contributed by atoms with van der Waals surface area (Å²) in [5.41, 5.74) is 1.56. The second-order valence-electron chi connectivity index (χ2n) is 7.20. The highest BCUT2D eigenvalue weighted by Gasteiger charge is 2.28. The quantitative estimate of drug-likeness (QED) is 0.645. The van der Waals surface area contributed by atoms with Crippen molar-refractivity contribution in [1.82, 2.24) is 20.9 Å². The third kappa shape index (κ3) is 6.19. The lowest BCUT2D eigenvalue weighted by Crippen LogP contribution is -2.55. The number of rotatable bonds is 7. The van der Waals surface area contributed by atoms with E-state index in [0.29, 0.717) is 18.8 Å². The van der Waals surface area contributed by atoms with Crippen LogP contribution in [0.3, 0.4) is 0 Å². The Morgan fingerprint density at radius 1 is 1.14 bits per heavy atom. The molecule has 1 aromatic carbocycles. The van der Waals surface area contributed by atoms with Crippen molar-refractivity contribution in [2.24, 2.45) is 0 Å². The summed E-state index contributed by atoms with van der Waals surface area (Å²) < 4.78 is 5.74. The maximum atomic E-state index is 12.7. The highest BCUT2D eigenvalue weighted by molar-refractivity contribution is 7.09. The Balaban J connectivity index is 1.54. The Hall–Kier alpha value is -2.61. The maximum absolute atomic E-state index is 12.7. The number of benzene rings is 1. The first-order chi connectivity index (χ1) is 14.0. The van der Waals surface area contributed by atoms with E-state index in [-0.39, 0.29) is 24.0 Å². The average molecular weight is 417 g/mol. The van der Waals surface area contributed by atoms with Gasteiger partial charge in [0.1, 0.15) is 23.1 Å². The Kier molecular flexibility index (Phi) is 7.46. The largest absolute Gasteiger partial charge is 0.486 e. The molecule has 0 bridgehead atoms. The maximum Gasteiger partial charge on any atom is 0.315 e.